The van der Waals surface area contributed by atoms with Crippen LogP contribution in [0.3, 0.4) is 0 Å². The number of likely N-dealkylation sites (tertiary alicyclic amines) is 1. The van der Waals surface area contributed by atoms with E-state index in [1.807, 2.05) is 11.9 Å². The van der Waals surface area contributed by atoms with E-state index in [4.69, 9.17) is 10.8 Å². The summed E-state index contributed by atoms with van der Waals surface area (Å²) in [6.45, 7) is 2.63. The van der Waals surface area contributed by atoms with Crippen molar-refractivity contribution in [2.45, 2.75) is 25.4 Å². The smallest absolute Gasteiger partial charge is 0.309 e. The topological polar surface area (TPSA) is 66.6 Å². The second-order valence-electron chi connectivity index (χ2n) is 3.63. The van der Waals surface area contributed by atoms with Gasteiger partial charge in [0.1, 0.15) is 0 Å². The first-order chi connectivity index (χ1) is 5.52. The Bertz CT molecular complexity index is 184. The number of rotatable bonds is 1. The van der Waals surface area contributed by atoms with E-state index in [-0.39, 0.29) is 6.04 Å². The number of nitrogens with two attached hydrogens (primary N) is 1. The Labute approximate surface area is 72.3 Å². The molecular formula is C8H16N2O2. The van der Waals surface area contributed by atoms with Gasteiger partial charge in [0.2, 0.25) is 0 Å². The zero-order valence-electron chi connectivity index (χ0n) is 7.53. The van der Waals surface area contributed by atoms with Gasteiger partial charge in [0.05, 0.1) is 5.92 Å². The molecule has 1 heterocycles. The minimum atomic E-state index is -0.777. The number of carboxylic acid groups (broad SMARTS) is 1. The fourth-order valence-electron chi connectivity index (χ4n) is 1.62. The summed E-state index contributed by atoms with van der Waals surface area (Å²) in [7, 11) is 1.94. The van der Waals surface area contributed by atoms with Gasteiger partial charge < -0.3 is 15.7 Å². The molecule has 0 spiro atoms. The predicted molar refractivity (Wildman–Crippen MR) is 45.8 cm³/mol. The van der Waals surface area contributed by atoms with Crippen LogP contribution in [0.25, 0.3) is 0 Å². The molecule has 1 rings (SSSR count). The minimum Gasteiger partial charge on any atom is -0.481 e. The van der Waals surface area contributed by atoms with Gasteiger partial charge in [0.25, 0.3) is 0 Å². The third kappa shape index (κ3) is 1.76. The van der Waals surface area contributed by atoms with Crippen molar-refractivity contribution in [1.29, 1.82) is 0 Å². The molecule has 1 fully saturated rings. The number of hydrogen-bond acceptors (Lipinski definition) is 3. The van der Waals surface area contributed by atoms with Crippen molar-refractivity contribution < 1.29 is 9.90 Å². The lowest BCUT2D eigenvalue weighted by Crippen LogP contribution is -2.52. The fourth-order valence-corrected chi connectivity index (χ4v) is 1.62. The minimum absolute atomic E-state index is 0.186. The molecule has 3 atom stereocenters. The summed E-state index contributed by atoms with van der Waals surface area (Å²) in [5.74, 6) is -1.17. The Kier molecular flexibility index (Phi) is 2.69. The zero-order valence-corrected chi connectivity index (χ0v) is 7.53. The predicted octanol–water partition coefficient (Wildman–Crippen LogP) is -0.261. The SMILES string of the molecule is CC1CC(N)C(C(=O)O)CN1C. The molecule has 0 radical (unpaired) electrons. The molecule has 0 aliphatic carbocycles. The third-order valence-electron chi connectivity index (χ3n) is 2.68. The first-order valence-corrected chi connectivity index (χ1v) is 4.21. The highest BCUT2D eigenvalue weighted by atomic mass is 16.4. The Morgan fingerprint density at radius 3 is 2.75 bits per heavy atom. The van der Waals surface area contributed by atoms with Gasteiger partial charge in [-0.1, -0.05) is 0 Å². The monoisotopic (exact) mass is 172 g/mol. The summed E-state index contributed by atoms with van der Waals surface area (Å²) in [5, 5.41) is 8.81. The summed E-state index contributed by atoms with van der Waals surface area (Å²) in [4.78, 5) is 12.8. The summed E-state index contributed by atoms with van der Waals surface area (Å²) >= 11 is 0. The van der Waals surface area contributed by atoms with Gasteiger partial charge in [-0.2, -0.15) is 0 Å². The van der Waals surface area contributed by atoms with E-state index in [1.54, 1.807) is 0 Å². The second-order valence-corrected chi connectivity index (χ2v) is 3.63. The Hall–Kier alpha value is -0.610. The van der Waals surface area contributed by atoms with Gasteiger partial charge in [-0.25, -0.2) is 0 Å². The normalized spacial score (nSPS) is 38.1. The van der Waals surface area contributed by atoms with Crippen molar-refractivity contribution in [2.75, 3.05) is 13.6 Å². The van der Waals surface area contributed by atoms with Gasteiger partial charge in [-0.05, 0) is 20.4 Å². The molecule has 12 heavy (non-hydrogen) atoms. The van der Waals surface area contributed by atoms with Gasteiger partial charge in [-0.3, -0.25) is 4.79 Å². The lowest BCUT2D eigenvalue weighted by atomic mass is 9.89. The quantitative estimate of drug-likeness (QED) is 0.572. The molecule has 0 aromatic rings. The van der Waals surface area contributed by atoms with Crippen LogP contribution in [-0.4, -0.2) is 41.7 Å². The van der Waals surface area contributed by atoms with Crippen molar-refractivity contribution in [3.63, 3.8) is 0 Å². The molecule has 1 saturated heterocycles. The Morgan fingerprint density at radius 1 is 1.67 bits per heavy atom. The largest absolute Gasteiger partial charge is 0.481 e. The zero-order chi connectivity index (χ0) is 9.30. The molecule has 0 saturated carbocycles. The number of aliphatic carboxylic acids is 1. The van der Waals surface area contributed by atoms with Crippen LogP contribution in [0.1, 0.15) is 13.3 Å². The number of carbonyl (C=O) groups is 1. The van der Waals surface area contributed by atoms with Crippen molar-refractivity contribution in [1.82, 2.24) is 4.90 Å². The average molecular weight is 172 g/mol. The molecule has 3 N–H and O–H groups in total. The molecule has 0 amide bonds. The molecule has 3 unspecified atom stereocenters. The summed E-state index contributed by atoms with van der Waals surface area (Å²) in [6.07, 6.45) is 0.771. The van der Waals surface area contributed by atoms with E-state index in [1.165, 1.54) is 0 Å². The molecule has 70 valence electrons. The number of nitrogens with zero attached hydrogens (tertiary/aromatic N) is 1. The highest BCUT2D eigenvalue weighted by Gasteiger charge is 2.33. The molecule has 0 aromatic heterocycles. The number of carboxylic acids is 1. The van der Waals surface area contributed by atoms with Crippen LogP contribution < -0.4 is 5.73 Å². The van der Waals surface area contributed by atoms with E-state index in [0.29, 0.717) is 12.6 Å². The highest BCUT2D eigenvalue weighted by molar-refractivity contribution is 5.71. The maximum atomic E-state index is 10.7. The first kappa shape index (κ1) is 9.48. The van der Waals surface area contributed by atoms with Crippen LogP contribution in [0.5, 0.6) is 0 Å². The van der Waals surface area contributed by atoms with E-state index < -0.39 is 11.9 Å². The fraction of sp³-hybridized carbons (Fsp3) is 0.875. The average Bonchev–Trinajstić information content (AvgIpc) is 1.96. The van der Waals surface area contributed by atoms with Gasteiger partial charge >= 0.3 is 5.97 Å². The van der Waals surface area contributed by atoms with Crippen LogP contribution in [0, 0.1) is 5.92 Å². The molecular weight excluding hydrogens is 156 g/mol. The maximum absolute atomic E-state index is 10.7. The van der Waals surface area contributed by atoms with E-state index >= 15 is 0 Å². The van der Waals surface area contributed by atoms with Gasteiger partial charge in [0, 0.05) is 18.6 Å². The molecule has 1 aliphatic heterocycles. The lowest BCUT2D eigenvalue weighted by molar-refractivity contribution is -0.144. The Morgan fingerprint density at radius 2 is 2.25 bits per heavy atom. The van der Waals surface area contributed by atoms with E-state index in [9.17, 15) is 4.79 Å². The van der Waals surface area contributed by atoms with Crippen LogP contribution in [0.15, 0.2) is 0 Å². The molecule has 4 nitrogen and oxygen atoms in total. The molecule has 4 heteroatoms. The van der Waals surface area contributed by atoms with Crippen LogP contribution in [0.2, 0.25) is 0 Å². The highest BCUT2D eigenvalue weighted by Crippen LogP contribution is 2.19. The van der Waals surface area contributed by atoms with Gasteiger partial charge in [-0.15, -0.1) is 0 Å². The molecule has 0 bridgehead atoms. The van der Waals surface area contributed by atoms with Crippen LogP contribution >= 0.6 is 0 Å². The molecule has 0 aromatic carbocycles. The summed E-state index contributed by atoms with van der Waals surface area (Å²) in [6, 6.07) is 0.212. The lowest BCUT2D eigenvalue weighted by Gasteiger charge is -2.37. The molecule has 1 aliphatic rings. The summed E-state index contributed by atoms with van der Waals surface area (Å²) in [5.41, 5.74) is 5.73. The number of hydrogen-bond donors (Lipinski definition) is 2. The maximum Gasteiger partial charge on any atom is 0.309 e. The van der Waals surface area contributed by atoms with E-state index in [0.717, 1.165) is 6.42 Å². The van der Waals surface area contributed by atoms with Crippen molar-refractivity contribution in [3.05, 3.63) is 0 Å². The van der Waals surface area contributed by atoms with E-state index in [2.05, 4.69) is 6.92 Å². The van der Waals surface area contributed by atoms with Crippen molar-refractivity contribution >= 4 is 5.97 Å². The van der Waals surface area contributed by atoms with Gasteiger partial charge in [0.15, 0.2) is 0 Å². The standard InChI is InChI=1S/C8H16N2O2/c1-5-3-7(9)6(8(11)12)4-10(5)2/h5-7H,3-4,9H2,1-2H3,(H,11,12). The second kappa shape index (κ2) is 3.41. The van der Waals surface area contributed by atoms with Crippen LogP contribution in [-0.2, 0) is 4.79 Å². The van der Waals surface area contributed by atoms with Crippen molar-refractivity contribution in [3.8, 4) is 0 Å². The first-order valence-electron chi connectivity index (χ1n) is 4.21. The van der Waals surface area contributed by atoms with Crippen LogP contribution in [0.4, 0.5) is 0 Å². The number of piperidine rings is 1. The summed E-state index contributed by atoms with van der Waals surface area (Å²) < 4.78 is 0. The Balaban J connectivity index is 2.61. The third-order valence-corrected chi connectivity index (χ3v) is 2.68. The van der Waals surface area contributed by atoms with Crippen molar-refractivity contribution in [2.24, 2.45) is 11.7 Å².